The van der Waals surface area contributed by atoms with Crippen LogP contribution in [0.25, 0.3) is 0 Å². The summed E-state index contributed by atoms with van der Waals surface area (Å²) in [5, 5.41) is 10.8. The van der Waals surface area contributed by atoms with Gasteiger partial charge in [-0.1, -0.05) is 29.8 Å². The zero-order chi connectivity index (χ0) is 18.0. The van der Waals surface area contributed by atoms with E-state index in [0.717, 1.165) is 18.4 Å². The van der Waals surface area contributed by atoms with Crippen LogP contribution in [-0.2, 0) is 14.4 Å². The molecule has 0 N–H and O–H groups in total. The maximum absolute atomic E-state index is 13.2. The van der Waals surface area contributed by atoms with Crippen molar-refractivity contribution in [1.82, 2.24) is 0 Å². The summed E-state index contributed by atoms with van der Waals surface area (Å²) in [5.74, 6) is -0.0851. The first kappa shape index (κ1) is 18.4. The van der Waals surface area contributed by atoms with Crippen LogP contribution in [0, 0.1) is 10.1 Å². The summed E-state index contributed by atoms with van der Waals surface area (Å²) in [5.41, 5.74) is -0.970. The number of hydrogen-bond acceptors (Lipinski definition) is 6. The molecule has 0 aliphatic heterocycles. The Bertz CT molecular complexity index is 916. The van der Waals surface area contributed by atoms with Gasteiger partial charge in [0.15, 0.2) is 9.84 Å². The minimum Gasteiger partial charge on any atom is -0.438 e. The second kappa shape index (κ2) is 6.93. The van der Waals surface area contributed by atoms with Crippen molar-refractivity contribution in [3.05, 3.63) is 63.7 Å². The monoisotopic (exact) mass is 389 g/mol. The summed E-state index contributed by atoms with van der Waals surface area (Å²) in [6.07, 6.45) is 0.948. The van der Waals surface area contributed by atoms with E-state index >= 15 is 0 Å². The maximum Gasteiger partial charge on any atom is 0.292 e. The lowest BCUT2D eigenvalue weighted by Crippen LogP contribution is -2.17. The fourth-order valence-corrected chi connectivity index (χ4v) is 6.71. The second-order valence-electron chi connectivity index (χ2n) is 5.03. The maximum atomic E-state index is 13.2. The van der Waals surface area contributed by atoms with Crippen LogP contribution >= 0.6 is 19.0 Å². The number of nitrogens with zero attached hydrogens (tertiary/aromatic N) is 1. The molecule has 0 fully saturated rings. The van der Waals surface area contributed by atoms with Gasteiger partial charge < -0.3 is 4.52 Å². The van der Waals surface area contributed by atoms with Crippen molar-refractivity contribution in [3.63, 3.8) is 0 Å². The Hall–Kier alpha value is -1.89. The molecule has 0 radical (unpaired) electrons. The Morgan fingerprint density at radius 3 is 2.33 bits per heavy atom. The molecule has 128 valence electrons. The summed E-state index contributed by atoms with van der Waals surface area (Å²) in [4.78, 5) is 10.1. The van der Waals surface area contributed by atoms with Crippen LogP contribution in [0.4, 0.5) is 5.69 Å². The molecular weight excluding hydrogens is 377 g/mol. The van der Waals surface area contributed by atoms with Crippen LogP contribution in [0.2, 0.25) is 5.02 Å². The minimum atomic E-state index is -3.82. The highest BCUT2D eigenvalue weighted by atomic mass is 35.5. The predicted octanol–water partition coefficient (Wildman–Crippen LogP) is 3.23. The molecule has 7 nitrogen and oxygen atoms in total. The standard InChI is InChI=1S/C14H13ClNO6PS/c1-24(20,21)10-23(19,12-5-3-2-4-6-12)22-14-8-7-11(16(17)18)9-13(14)15/h2-9H,10H2,1H3. The van der Waals surface area contributed by atoms with Gasteiger partial charge in [0, 0.05) is 23.7 Å². The molecule has 24 heavy (non-hydrogen) atoms. The molecule has 1 unspecified atom stereocenters. The molecule has 2 rings (SSSR count). The van der Waals surface area contributed by atoms with E-state index in [1.165, 1.54) is 18.2 Å². The molecule has 0 bridgehead atoms. The Labute approximate surface area is 143 Å². The minimum absolute atomic E-state index is 0.0851. The van der Waals surface area contributed by atoms with Crippen molar-refractivity contribution in [2.45, 2.75) is 0 Å². The van der Waals surface area contributed by atoms with Gasteiger partial charge in [-0.25, -0.2) is 8.42 Å². The van der Waals surface area contributed by atoms with Gasteiger partial charge >= 0.3 is 0 Å². The van der Waals surface area contributed by atoms with Crippen LogP contribution in [0.3, 0.4) is 0 Å². The van der Waals surface area contributed by atoms with Gasteiger partial charge in [-0.15, -0.1) is 0 Å². The van der Waals surface area contributed by atoms with E-state index in [9.17, 15) is 23.1 Å². The number of sulfone groups is 1. The molecule has 0 aromatic heterocycles. The third kappa shape index (κ3) is 4.56. The number of halogens is 1. The van der Waals surface area contributed by atoms with E-state index in [4.69, 9.17) is 16.1 Å². The summed E-state index contributed by atoms with van der Waals surface area (Å²) in [6, 6.07) is 11.3. The molecule has 0 spiro atoms. The van der Waals surface area contributed by atoms with Crippen LogP contribution in [0.5, 0.6) is 5.75 Å². The first-order chi connectivity index (χ1) is 11.1. The van der Waals surface area contributed by atoms with Gasteiger partial charge in [0.25, 0.3) is 13.1 Å². The summed E-state index contributed by atoms with van der Waals surface area (Å²) >= 11 is 5.94. The average Bonchev–Trinajstić information content (AvgIpc) is 2.48. The number of hydrogen-bond donors (Lipinski definition) is 0. The molecule has 2 aromatic carbocycles. The first-order valence-electron chi connectivity index (χ1n) is 6.57. The van der Waals surface area contributed by atoms with E-state index in [1.807, 2.05) is 0 Å². The van der Waals surface area contributed by atoms with Crippen molar-refractivity contribution in [2.24, 2.45) is 0 Å². The molecule has 1 atom stereocenters. The smallest absolute Gasteiger partial charge is 0.292 e. The number of rotatable bonds is 6. The molecule has 0 aliphatic rings. The van der Waals surface area contributed by atoms with E-state index in [-0.39, 0.29) is 21.8 Å². The highest BCUT2D eigenvalue weighted by Gasteiger charge is 2.33. The Kier molecular flexibility index (Phi) is 5.32. The number of benzene rings is 2. The molecule has 0 amide bonds. The lowest BCUT2D eigenvalue weighted by atomic mass is 10.3. The number of non-ortho nitro benzene ring substituents is 1. The zero-order valence-electron chi connectivity index (χ0n) is 12.5. The third-order valence-electron chi connectivity index (χ3n) is 2.93. The van der Waals surface area contributed by atoms with E-state index in [2.05, 4.69) is 0 Å². The van der Waals surface area contributed by atoms with Gasteiger partial charge in [-0.3, -0.25) is 14.7 Å². The quantitative estimate of drug-likeness (QED) is 0.427. The Morgan fingerprint density at radius 2 is 1.83 bits per heavy atom. The molecule has 0 heterocycles. The van der Waals surface area contributed by atoms with Crippen molar-refractivity contribution in [3.8, 4) is 5.75 Å². The van der Waals surface area contributed by atoms with Crippen molar-refractivity contribution in [2.75, 3.05) is 11.7 Å². The SMILES string of the molecule is CS(=O)(=O)CP(=O)(Oc1ccc([N+](=O)[O-])cc1Cl)c1ccccc1. The lowest BCUT2D eigenvalue weighted by molar-refractivity contribution is -0.384. The van der Waals surface area contributed by atoms with Crippen molar-refractivity contribution >= 4 is 39.8 Å². The van der Waals surface area contributed by atoms with Gasteiger partial charge in [-0.2, -0.15) is 0 Å². The average molecular weight is 390 g/mol. The van der Waals surface area contributed by atoms with Gasteiger partial charge in [0.2, 0.25) is 0 Å². The van der Waals surface area contributed by atoms with E-state index in [0.29, 0.717) is 0 Å². The topological polar surface area (TPSA) is 104 Å². The summed E-state index contributed by atoms with van der Waals surface area (Å²) in [6.45, 7) is 0. The fourth-order valence-electron chi connectivity index (χ4n) is 1.95. The molecule has 0 saturated heterocycles. The Morgan fingerprint density at radius 1 is 1.21 bits per heavy atom. The van der Waals surface area contributed by atoms with E-state index < -0.39 is 27.6 Å². The first-order valence-corrected chi connectivity index (χ1v) is 10.8. The predicted molar refractivity (Wildman–Crippen MR) is 92.1 cm³/mol. The number of nitro benzene ring substituents is 1. The lowest BCUT2D eigenvalue weighted by Gasteiger charge is -2.19. The van der Waals surface area contributed by atoms with Crippen LogP contribution in [-0.4, -0.2) is 25.1 Å². The van der Waals surface area contributed by atoms with Gasteiger partial charge in [0.1, 0.15) is 11.2 Å². The number of nitro groups is 1. The summed E-state index contributed by atoms with van der Waals surface area (Å²) in [7, 11) is -7.45. The zero-order valence-corrected chi connectivity index (χ0v) is 14.9. The fraction of sp³-hybridized carbons (Fsp3) is 0.143. The van der Waals surface area contributed by atoms with Crippen molar-refractivity contribution in [1.29, 1.82) is 0 Å². The molecule has 0 saturated carbocycles. The van der Waals surface area contributed by atoms with Gasteiger partial charge in [-0.05, 0) is 18.2 Å². The van der Waals surface area contributed by atoms with Crippen LogP contribution in [0.1, 0.15) is 0 Å². The highest BCUT2D eigenvalue weighted by Crippen LogP contribution is 2.49. The van der Waals surface area contributed by atoms with Crippen LogP contribution in [0.15, 0.2) is 48.5 Å². The molecule has 10 heteroatoms. The summed E-state index contributed by atoms with van der Waals surface area (Å²) < 4.78 is 42.0. The second-order valence-corrected chi connectivity index (χ2v) is 10.4. The molecular formula is C14H13ClNO6PS. The molecule has 0 aliphatic carbocycles. The Balaban J connectivity index is 2.47. The largest absolute Gasteiger partial charge is 0.438 e. The van der Waals surface area contributed by atoms with Crippen molar-refractivity contribution < 1.29 is 22.4 Å². The van der Waals surface area contributed by atoms with E-state index in [1.54, 1.807) is 18.2 Å². The van der Waals surface area contributed by atoms with Crippen LogP contribution < -0.4 is 9.83 Å². The highest BCUT2D eigenvalue weighted by molar-refractivity contribution is 7.99. The normalized spacial score (nSPS) is 13.9. The third-order valence-corrected chi connectivity index (χ3v) is 8.03. The van der Waals surface area contributed by atoms with Gasteiger partial charge in [0.05, 0.1) is 9.95 Å². The molecule has 2 aromatic rings.